The third kappa shape index (κ3) is 6.30. The Morgan fingerprint density at radius 3 is 2.20 bits per heavy atom. The van der Waals surface area contributed by atoms with E-state index in [9.17, 15) is 9.59 Å². The number of carbonyl (C=O) groups is 2. The quantitative estimate of drug-likeness (QED) is 0.453. The minimum atomic E-state index is -0.566. The van der Waals surface area contributed by atoms with Crippen LogP contribution >= 0.6 is 0 Å². The molecule has 8 heteroatoms. The van der Waals surface area contributed by atoms with E-state index in [4.69, 9.17) is 9.47 Å². The monoisotopic (exact) mass is 474 g/mol. The molecule has 1 atom stereocenters. The van der Waals surface area contributed by atoms with Crippen LogP contribution in [-0.4, -0.2) is 51.3 Å². The maximum absolute atomic E-state index is 12.9. The lowest BCUT2D eigenvalue weighted by molar-refractivity contribution is -0.116. The van der Waals surface area contributed by atoms with Crippen LogP contribution in [0.5, 0.6) is 5.75 Å². The normalized spacial score (nSPS) is 14.1. The van der Waals surface area contributed by atoms with Crippen molar-refractivity contribution in [1.82, 2.24) is 0 Å². The van der Waals surface area contributed by atoms with Gasteiger partial charge in [0.2, 0.25) is 5.91 Å². The van der Waals surface area contributed by atoms with Crippen LogP contribution in [-0.2, 0) is 9.53 Å². The number of amides is 2. The van der Waals surface area contributed by atoms with Gasteiger partial charge in [-0.1, -0.05) is 12.1 Å². The maximum Gasteiger partial charge on any atom is 0.257 e. The highest BCUT2D eigenvalue weighted by molar-refractivity contribution is 6.08. The fourth-order valence-corrected chi connectivity index (χ4v) is 3.81. The first-order chi connectivity index (χ1) is 17.0. The Hall–Kier alpha value is -4.04. The number of methoxy groups -OCH3 is 1. The topological polar surface area (TPSA) is 91.9 Å². The Bertz CT molecular complexity index is 1140. The first-order valence-corrected chi connectivity index (χ1v) is 11.6. The second-order valence-electron chi connectivity index (χ2n) is 8.23. The molecule has 0 aliphatic carbocycles. The maximum atomic E-state index is 12.9. The number of nitrogens with zero attached hydrogens (tertiary/aromatic N) is 1. The third-order valence-corrected chi connectivity index (χ3v) is 5.80. The van der Waals surface area contributed by atoms with Gasteiger partial charge in [0.25, 0.3) is 5.91 Å². The van der Waals surface area contributed by atoms with E-state index in [0.717, 1.165) is 32.0 Å². The number of para-hydroxylation sites is 1. The van der Waals surface area contributed by atoms with Crippen molar-refractivity contribution < 1.29 is 19.1 Å². The molecule has 1 saturated heterocycles. The van der Waals surface area contributed by atoms with Crippen molar-refractivity contribution in [2.75, 3.05) is 54.3 Å². The summed E-state index contributed by atoms with van der Waals surface area (Å²) in [7, 11) is 1.59. The summed E-state index contributed by atoms with van der Waals surface area (Å²) in [4.78, 5) is 28.0. The number of hydrogen-bond donors (Lipinski definition) is 3. The zero-order valence-corrected chi connectivity index (χ0v) is 19.9. The summed E-state index contributed by atoms with van der Waals surface area (Å²) >= 11 is 0. The Morgan fingerprint density at radius 1 is 0.886 bits per heavy atom. The van der Waals surface area contributed by atoms with Crippen molar-refractivity contribution >= 4 is 34.6 Å². The summed E-state index contributed by atoms with van der Waals surface area (Å²) < 4.78 is 10.6. The van der Waals surface area contributed by atoms with Crippen LogP contribution in [0.4, 0.5) is 22.7 Å². The predicted molar refractivity (Wildman–Crippen MR) is 139 cm³/mol. The number of benzene rings is 3. The molecule has 1 fully saturated rings. The highest BCUT2D eigenvalue weighted by atomic mass is 16.5. The lowest BCUT2D eigenvalue weighted by Gasteiger charge is -2.29. The van der Waals surface area contributed by atoms with E-state index in [0.29, 0.717) is 28.4 Å². The molecule has 3 aromatic carbocycles. The number of morpholine rings is 1. The van der Waals surface area contributed by atoms with Gasteiger partial charge >= 0.3 is 0 Å². The van der Waals surface area contributed by atoms with Crippen LogP contribution in [0.3, 0.4) is 0 Å². The Kier molecular flexibility index (Phi) is 7.84. The number of ether oxygens (including phenoxy) is 2. The molecular weight excluding hydrogens is 444 g/mol. The zero-order chi connectivity index (χ0) is 24.6. The van der Waals surface area contributed by atoms with Crippen molar-refractivity contribution in [3.05, 3.63) is 78.4 Å². The van der Waals surface area contributed by atoms with Crippen LogP contribution < -0.4 is 25.6 Å². The standard InChI is InChI=1S/C27H30N4O4/c1-19(26(32)29-20-7-11-22(12-8-20)31-15-17-35-18-16-31)28-25-6-4-3-5-24(25)27(33)30-21-9-13-23(34-2)14-10-21/h3-14,19,28H,15-18H2,1-2H3,(H,29,32)(H,30,33)/t19-/m0/s1. The SMILES string of the molecule is COc1ccc(NC(=O)c2ccccc2N[C@@H](C)C(=O)Nc2ccc(N3CCOCC3)cc2)cc1. The van der Waals surface area contributed by atoms with E-state index < -0.39 is 6.04 Å². The summed E-state index contributed by atoms with van der Waals surface area (Å²) in [6.45, 7) is 4.92. The number of rotatable bonds is 8. The average Bonchev–Trinajstić information content (AvgIpc) is 2.90. The van der Waals surface area contributed by atoms with Gasteiger partial charge in [-0.05, 0) is 67.6 Å². The van der Waals surface area contributed by atoms with Crippen molar-refractivity contribution in [3.8, 4) is 5.75 Å². The Morgan fingerprint density at radius 2 is 1.51 bits per heavy atom. The van der Waals surface area contributed by atoms with E-state index in [2.05, 4.69) is 20.9 Å². The van der Waals surface area contributed by atoms with Gasteiger partial charge < -0.3 is 30.3 Å². The summed E-state index contributed by atoms with van der Waals surface area (Å²) in [6.07, 6.45) is 0. The van der Waals surface area contributed by atoms with Crippen LogP contribution in [0, 0.1) is 0 Å². The van der Waals surface area contributed by atoms with Crippen molar-refractivity contribution in [2.45, 2.75) is 13.0 Å². The molecule has 0 spiro atoms. The number of anilines is 4. The minimum Gasteiger partial charge on any atom is -0.497 e. The molecule has 1 aliphatic rings. The molecule has 0 aromatic heterocycles. The van der Waals surface area contributed by atoms with Gasteiger partial charge in [-0.25, -0.2) is 0 Å². The predicted octanol–water partition coefficient (Wildman–Crippen LogP) is 4.22. The van der Waals surface area contributed by atoms with Crippen LogP contribution in [0.2, 0.25) is 0 Å². The highest BCUT2D eigenvalue weighted by Gasteiger charge is 2.18. The molecule has 3 N–H and O–H groups in total. The van der Waals surface area contributed by atoms with E-state index in [1.807, 2.05) is 30.3 Å². The number of carbonyl (C=O) groups excluding carboxylic acids is 2. The van der Waals surface area contributed by atoms with E-state index in [1.165, 1.54) is 0 Å². The van der Waals surface area contributed by atoms with E-state index in [1.54, 1.807) is 56.5 Å². The first kappa shape index (κ1) is 24.1. The van der Waals surface area contributed by atoms with Crippen molar-refractivity contribution in [2.24, 2.45) is 0 Å². The third-order valence-electron chi connectivity index (χ3n) is 5.80. The van der Waals surface area contributed by atoms with Gasteiger partial charge in [0, 0.05) is 35.8 Å². The van der Waals surface area contributed by atoms with Gasteiger partial charge in [-0.2, -0.15) is 0 Å². The van der Waals surface area contributed by atoms with Gasteiger partial charge in [0.05, 0.1) is 25.9 Å². The number of nitrogens with one attached hydrogen (secondary N) is 3. The van der Waals surface area contributed by atoms with Crippen molar-refractivity contribution in [3.63, 3.8) is 0 Å². The van der Waals surface area contributed by atoms with Gasteiger partial charge in [-0.15, -0.1) is 0 Å². The second-order valence-corrected chi connectivity index (χ2v) is 8.23. The molecule has 0 radical (unpaired) electrons. The summed E-state index contributed by atoms with van der Waals surface area (Å²) in [6, 6.07) is 21.4. The second kappa shape index (κ2) is 11.4. The Labute approximate surface area is 205 Å². The van der Waals surface area contributed by atoms with Crippen molar-refractivity contribution in [1.29, 1.82) is 0 Å². The zero-order valence-electron chi connectivity index (χ0n) is 19.9. The fourth-order valence-electron chi connectivity index (χ4n) is 3.81. The molecule has 3 aromatic rings. The minimum absolute atomic E-state index is 0.200. The molecule has 0 saturated carbocycles. The molecular formula is C27H30N4O4. The molecule has 1 aliphatic heterocycles. The summed E-state index contributed by atoms with van der Waals surface area (Å²) in [5.74, 6) is 0.236. The van der Waals surface area contributed by atoms with Gasteiger partial charge in [-0.3, -0.25) is 9.59 Å². The molecule has 1 heterocycles. The fraction of sp³-hybridized carbons (Fsp3) is 0.259. The highest BCUT2D eigenvalue weighted by Crippen LogP contribution is 2.22. The van der Waals surface area contributed by atoms with Crippen LogP contribution in [0.1, 0.15) is 17.3 Å². The molecule has 8 nitrogen and oxygen atoms in total. The average molecular weight is 475 g/mol. The first-order valence-electron chi connectivity index (χ1n) is 11.6. The van der Waals surface area contributed by atoms with Gasteiger partial charge in [0.1, 0.15) is 11.8 Å². The van der Waals surface area contributed by atoms with Crippen LogP contribution in [0.25, 0.3) is 0 Å². The van der Waals surface area contributed by atoms with Crippen LogP contribution in [0.15, 0.2) is 72.8 Å². The molecule has 2 amide bonds. The van der Waals surface area contributed by atoms with Gasteiger partial charge in [0.15, 0.2) is 0 Å². The smallest absolute Gasteiger partial charge is 0.257 e. The number of hydrogen-bond acceptors (Lipinski definition) is 6. The molecule has 4 rings (SSSR count). The molecule has 0 unspecified atom stereocenters. The largest absolute Gasteiger partial charge is 0.497 e. The molecule has 182 valence electrons. The summed E-state index contributed by atoms with van der Waals surface area (Å²) in [5, 5.41) is 8.98. The lowest BCUT2D eigenvalue weighted by atomic mass is 10.1. The molecule has 0 bridgehead atoms. The Balaban J connectivity index is 1.37. The lowest BCUT2D eigenvalue weighted by Crippen LogP contribution is -2.36. The molecule has 35 heavy (non-hydrogen) atoms. The van der Waals surface area contributed by atoms with E-state index in [-0.39, 0.29) is 11.8 Å². The van der Waals surface area contributed by atoms with E-state index >= 15 is 0 Å². The summed E-state index contributed by atoms with van der Waals surface area (Å²) in [5.41, 5.74) is 3.49.